The van der Waals surface area contributed by atoms with Crippen LogP contribution in [0.2, 0.25) is 0 Å². The van der Waals surface area contributed by atoms with E-state index in [2.05, 4.69) is 4.90 Å². The summed E-state index contributed by atoms with van der Waals surface area (Å²) in [4.78, 5) is 17.4. The fraction of sp³-hybridized carbons (Fsp3) is 0.556. The van der Waals surface area contributed by atoms with Gasteiger partial charge in [0.1, 0.15) is 10.7 Å². The van der Waals surface area contributed by atoms with E-state index in [4.69, 9.17) is 12.2 Å². The van der Waals surface area contributed by atoms with Crippen molar-refractivity contribution in [2.45, 2.75) is 0 Å². The number of rotatable bonds is 0. The average molecular weight is 243 g/mol. The first-order valence-corrected chi connectivity index (χ1v) is 6.07. The minimum atomic E-state index is -0.00116. The maximum atomic E-state index is 12.0. The zero-order valence-electron chi connectivity index (χ0n) is 8.98. The molecule has 15 heavy (non-hydrogen) atoms. The summed E-state index contributed by atoms with van der Waals surface area (Å²) in [6.07, 6.45) is 0. The van der Waals surface area contributed by atoms with Crippen LogP contribution in [0.15, 0.2) is 10.7 Å². The quantitative estimate of drug-likeness (QED) is 0.457. The second-order valence-electron chi connectivity index (χ2n) is 3.63. The molecule has 2 fully saturated rings. The minimum absolute atomic E-state index is 0.00116. The predicted octanol–water partition coefficient (Wildman–Crippen LogP) is 0.523. The van der Waals surface area contributed by atoms with Gasteiger partial charge in [-0.05, 0) is 12.2 Å². The van der Waals surface area contributed by atoms with Gasteiger partial charge in [0, 0.05) is 33.4 Å². The van der Waals surface area contributed by atoms with Gasteiger partial charge < -0.3 is 9.80 Å². The van der Waals surface area contributed by atoms with Crippen molar-refractivity contribution in [1.82, 2.24) is 14.7 Å². The third kappa shape index (κ3) is 1.52. The van der Waals surface area contributed by atoms with Crippen molar-refractivity contribution in [2.75, 3.05) is 33.4 Å². The second kappa shape index (κ2) is 3.68. The van der Waals surface area contributed by atoms with Gasteiger partial charge in [0.25, 0.3) is 5.91 Å². The van der Waals surface area contributed by atoms with Crippen LogP contribution in [-0.4, -0.2) is 59.2 Å². The Morgan fingerprint density at radius 2 is 1.93 bits per heavy atom. The zero-order valence-corrected chi connectivity index (χ0v) is 10.6. The summed E-state index contributed by atoms with van der Waals surface area (Å²) in [6, 6.07) is 0. The normalized spacial score (nSPS) is 27.3. The Labute approximate surface area is 98.9 Å². The number of hydrogen-bond donors (Lipinski definition) is 0. The van der Waals surface area contributed by atoms with Gasteiger partial charge in [0.05, 0.1) is 0 Å². The molecular weight excluding hydrogens is 230 g/mol. The van der Waals surface area contributed by atoms with Gasteiger partial charge in [0.15, 0.2) is 5.11 Å². The SMILES string of the molecule is CN1C(=O)/C(=C2/SCCN2C)N(C)C1=S. The second-order valence-corrected chi connectivity index (χ2v) is 5.08. The number of amides is 1. The van der Waals surface area contributed by atoms with E-state index in [1.54, 1.807) is 23.7 Å². The lowest BCUT2D eigenvalue weighted by atomic mass is 10.4. The summed E-state index contributed by atoms with van der Waals surface area (Å²) >= 11 is 6.88. The van der Waals surface area contributed by atoms with E-state index in [-0.39, 0.29) is 5.91 Å². The van der Waals surface area contributed by atoms with Crippen LogP contribution >= 0.6 is 24.0 Å². The van der Waals surface area contributed by atoms with Gasteiger partial charge >= 0.3 is 0 Å². The summed E-state index contributed by atoms with van der Waals surface area (Å²) in [5.41, 5.74) is 0.715. The molecular formula is C9H13N3OS2. The topological polar surface area (TPSA) is 26.8 Å². The molecule has 0 bridgehead atoms. The molecule has 2 heterocycles. The Balaban J connectivity index is 2.45. The summed E-state index contributed by atoms with van der Waals surface area (Å²) in [5.74, 6) is 1.03. The van der Waals surface area contributed by atoms with Crippen LogP contribution in [-0.2, 0) is 4.79 Å². The van der Waals surface area contributed by atoms with Gasteiger partial charge in [-0.25, -0.2) is 0 Å². The molecule has 2 rings (SSSR count). The van der Waals surface area contributed by atoms with E-state index >= 15 is 0 Å². The van der Waals surface area contributed by atoms with E-state index in [0.717, 1.165) is 17.3 Å². The molecule has 0 saturated carbocycles. The predicted molar refractivity (Wildman–Crippen MR) is 65.2 cm³/mol. The van der Waals surface area contributed by atoms with E-state index < -0.39 is 0 Å². The Bertz CT molecular complexity index is 366. The smallest absolute Gasteiger partial charge is 0.279 e. The van der Waals surface area contributed by atoms with Crippen LogP contribution in [0.3, 0.4) is 0 Å². The standard InChI is InChI=1S/C9H13N3OS2/c1-10-4-5-15-8(10)6-7(13)12(3)9(14)11(6)2/h4-5H2,1-3H3/b8-6-. The molecule has 4 nitrogen and oxygen atoms in total. The molecule has 0 aromatic heterocycles. The van der Waals surface area contributed by atoms with Crippen molar-refractivity contribution in [3.8, 4) is 0 Å². The molecule has 0 spiro atoms. The van der Waals surface area contributed by atoms with Crippen LogP contribution in [0.5, 0.6) is 0 Å². The molecule has 0 atom stereocenters. The average Bonchev–Trinajstić information content (AvgIpc) is 2.68. The van der Waals surface area contributed by atoms with Gasteiger partial charge in [-0.1, -0.05) is 0 Å². The lowest BCUT2D eigenvalue weighted by Gasteiger charge is -2.17. The molecule has 2 aliphatic heterocycles. The molecule has 82 valence electrons. The number of thioether (sulfide) groups is 1. The summed E-state index contributed by atoms with van der Waals surface area (Å²) in [6.45, 7) is 0.987. The molecule has 0 aromatic carbocycles. The van der Waals surface area contributed by atoms with E-state index in [1.807, 2.05) is 14.1 Å². The Hall–Kier alpha value is -0.750. The van der Waals surface area contributed by atoms with Gasteiger partial charge in [-0.3, -0.25) is 9.69 Å². The molecule has 2 aliphatic rings. The summed E-state index contributed by atoms with van der Waals surface area (Å²) in [5, 5.41) is 1.61. The summed E-state index contributed by atoms with van der Waals surface area (Å²) < 4.78 is 0. The van der Waals surface area contributed by atoms with Gasteiger partial charge in [-0.2, -0.15) is 0 Å². The van der Waals surface area contributed by atoms with E-state index in [1.165, 1.54) is 4.90 Å². The number of carbonyl (C=O) groups is 1. The van der Waals surface area contributed by atoms with E-state index in [0.29, 0.717) is 10.8 Å². The van der Waals surface area contributed by atoms with Crippen LogP contribution in [0.1, 0.15) is 0 Å². The van der Waals surface area contributed by atoms with Gasteiger partial charge in [0.2, 0.25) is 0 Å². The molecule has 0 N–H and O–H groups in total. The molecule has 0 unspecified atom stereocenters. The van der Waals surface area contributed by atoms with Gasteiger partial charge in [-0.15, -0.1) is 11.8 Å². The highest BCUT2D eigenvalue weighted by Gasteiger charge is 2.37. The third-order valence-corrected chi connectivity index (χ3v) is 4.34. The van der Waals surface area contributed by atoms with Crippen molar-refractivity contribution in [3.05, 3.63) is 10.7 Å². The molecule has 0 aromatic rings. The van der Waals surface area contributed by atoms with Crippen molar-refractivity contribution in [3.63, 3.8) is 0 Å². The Kier molecular flexibility index (Phi) is 2.64. The largest absolute Gasteiger partial charge is 0.367 e. The monoisotopic (exact) mass is 243 g/mol. The number of carbonyl (C=O) groups excluding carboxylic acids is 1. The summed E-state index contributed by atoms with van der Waals surface area (Å²) in [7, 11) is 5.57. The van der Waals surface area contributed by atoms with Crippen LogP contribution < -0.4 is 0 Å². The highest BCUT2D eigenvalue weighted by Crippen LogP contribution is 2.33. The number of nitrogens with zero attached hydrogens (tertiary/aromatic N) is 3. The maximum absolute atomic E-state index is 12.0. The van der Waals surface area contributed by atoms with E-state index in [9.17, 15) is 4.79 Å². The first kappa shape index (κ1) is 10.8. The Morgan fingerprint density at radius 3 is 2.33 bits per heavy atom. The van der Waals surface area contributed by atoms with Crippen molar-refractivity contribution >= 4 is 35.0 Å². The fourth-order valence-electron chi connectivity index (χ4n) is 1.68. The van der Waals surface area contributed by atoms with Crippen molar-refractivity contribution < 1.29 is 4.79 Å². The molecule has 6 heteroatoms. The van der Waals surface area contributed by atoms with Crippen LogP contribution in [0.4, 0.5) is 0 Å². The number of likely N-dealkylation sites (N-methyl/N-ethyl adjacent to an activating group) is 2. The van der Waals surface area contributed by atoms with Crippen molar-refractivity contribution in [1.29, 1.82) is 0 Å². The first-order valence-electron chi connectivity index (χ1n) is 4.68. The first-order chi connectivity index (χ1) is 7.04. The third-order valence-electron chi connectivity index (χ3n) is 2.63. The fourth-order valence-corrected chi connectivity index (χ4v) is 3.09. The maximum Gasteiger partial charge on any atom is 0.279 e. The highest BCUT2D eigenvalue weighted by atomic mass is 32.2. The molecule has 0 radical (unpaired) electrons. The minimum Gasteiger partial charge on any atom is -0.367 e. The van der Waals surface area contributed by atoms with Crippen LogP contribution in [0, 0.1) is 0 Å². The lowest BCUT2D eigenvalue weighted by molar-refractivity contribution is -0.121. The highest BCUT2D eigenvalue weighted by molar-refractivity contribution is 8.03. The lowest BCUT2D eigenvalue weighted by Crippen LogP contribution is -2.26. The van der Waals surface area contributed by atoms with Crippen LogP contribution in [0.25, 0.3) is 0 Å². The number of hydrogen-bond acceptors (Lipinski definition) is 4. The molecule has 0 aliphatic carbocycles. The Morgan fingerprint density at radius 1 is 1.27 bits per heavy atom. The van der Waals surface area contributed by atoms with Crippen molar-refractivity contribution in [2.24, 2.45) is 0 Å². The molecule has 2 saturated heterocycles. The zero-order chi connectivity index (χ0) is 11.2. The number of thiocarbonyl (C=S) groups is 1. The molecule has 1 amide bonds.